The lowest BCUT2D eigenvalue weighted by Gasteiger charge is -2.22. The van der Waals surface area contributed by atoms with Gasteiger partial charge < -0.3 is 25.3 Å². The van der Waals surface area contributed by atoms with Crippen LogP contribution in [0.2, 0.25) is 0 Å². The first-order valence-electron chi connectivity index (χ1n) is 9.36. The highest BCUT2D eigenvalue weighted by Crippen LogP contribution is 2.19. The fraction of sp³-hybridized carbons (Fsp3) is 0.400. The van der Waals surface area contributed by atoms with Crippen molar-refractivity contribution in [2.75, 3.05) is 11.9 Å². The summed E-state index contributed by atoms with van der Waals surface area (Å²) in [6, 6.07) is 7.03. The fourth-order valence-electron chi connectivity index (χ4n) is 2.89. The molecule has 0 saturated heterocycles. The van der Waals surface area contributed by atoms with Crippen molar-refractivity contribution in [3.8, 4) is 0 Å². The average molecular weight is 399 g/mol. The first kappa shape index (κ1) is 20.4. The van der Waals surface area contributed by atoms with Crippen LogP contribution in [0.25, 0.3) is 0 Å². The quantitative estimate of drug-likeness (QED) is 0.731. The van der Waals surface area contributed by atoms with Crippen LogP contribution in [0.5, 0.6) is 0 Å². The van der Waals surface area contributed by atoms with Crippen molar-refractivity contribution in [2.45, 2.75) is 45.9 Å². The van der Waals surface area contributed by atoms with E-state index in [1.54, 1.807) is 49.6 Å². The predicted molar refractivity (Wildman–Crippen MR) is 107 cm³/mol. The second kappa shape index (κ2) is 7.94. The number of nitrogens with zero attached hydrogens (tertiary/aromatic N) is 2. The number of nitrogens with one attached hydrogen (secondary N) is 3. The number of fused-ring (bicyclic) bond motifs is 1. The second-order valence-corrected chi connectivity index (χ2v) is 7.91. The molecule has 0 aliphatic carbocycles. The minimum atomic E-state index is -0.556. The van der Waals surface area contributed by atoms with E-state index in [0.717, 1.165) is 5.56 Å². The zero-order chi connectivity index (χ0) is 21.2. The molecule has 9 heteroatoms. The van der Waals surface area contributed by atoms with Crippen molar-refractivity contribution < 1.29 is 19.1 Å². The SMILES string of the molecule is CC1CNC(=O)c2c(C(=O)Nc3ccc(CNC(=O)OC(C)(C)C)cc3)ncn21. The maximum atomic E-state index is 12.6. The van der Waals surface area contributed by atoms with E-state index in [1.807, 2.05) is 6.92 Å². The monoisotopic (exact) mass is 399 g/mol. The van der Waals surface area contributed by atoms with Gasteiger partial charge >= 0.3 is 6.09 Å². The summed E-state index contributed by atoms with van der Waals surface area (Å²) in [4.78, 5) is 40.6. The molecular formula is C20H25N5O4. The lowest BCUT2D eigenvalue weighted by Crippen LogP contribution is -2.38. The van der Waals surface area contributed by atoms with Crippen molar-refractivity contribution in [1.82, 2.24) is 20.2 Å². The molecule has 1 aromatic heterocycles. The number of hydrogen-bond donors (Lipinski definition) is 3. The summed E-state index contributed by atoms with van der Waals surface area (Å²) in [5, 5.41) is 8.18. The molecule has 1 atom stereocenters. The molecule has 2 heterocycles. The second-order valence-electron chi connectivity index (χ2n) is 7.91. The lowest BCUT2D eigenvalue weighted by atomic mass is 10.1. The van der Waals surface area contributed by atoms with Crippen LogP contribution in [0.1, 0.15) is 60.3 Å². The van der Waals surface area contributed by atoms with Gasteiger partial charge in [-0.2, -0.15) is 0 Å². The van der Waals surface area contributed by atoms with E-state index in [-0.39, 0.29) is 23.3 Å². The lowest BCUT2D eigenvalue weighted by molar-refractivity contribution is 0.0523. The summed E-state index contributed by atoms with van der Waals surface area (Å²) in [6.45, 7) is 8.14. The van der Waals surface area contributed by atoms with Crippen molar-refractivity contribution >= 4 is 23.6 Å². The molecule has 2 aromatic rings. The van der Waals surface area contributed by atoms with Gasteiger partial charge in [0.1, 0.15) is 11.3 Å². The molecule has 0 spiro atoms. The van der Waals surface area contributed by atoms with Gasteiger partial charge in [0.25, 0.3) is 11.8 Å². The zero-order valence-electron chi connectivity index (χ0n) is 16.9. The summed E-state index contributed by atoms with van der Waals surface area (Å²) in [5.74, 6) is -0.767. The van der Waals surface area contributed by atoms with Crippen molar-refractivity contribution in [2.24, 2.45) is 0 Å². The van der Waals surface area contributed by atoms with E-state index in [9.17, 15) is 14.4 Å². The van der Waals surface area contributed by atoms with Crippen molar-refractivity contribution in [1.29, 1.82) is 0 Å². The van der Waals surface area contributed by atoms with Crippen LogP contribution in [0, 0.1) is 0 Å². The van der Waals surface area contributed by atoms with Gasteiger partial charge in [-0.05, 0) is 45.4 Å². The third kappa shape index (κ3) is 4.92. The molecule has 0 saturated carbocycles. The predicted octanol–water partition coefficient (Wildman–Crippen LogP) is 2.46. The van der Waals surface area contributed by atoms with Crippen LogP contribution in [0.15, 0.2) is 30.6 Å². The number of anilines is 1. The molecule has 0 radical (unpaired) electrons. The van der Waals surface area contributed by atoms with Crippen molar-refractivity contribution in [3.63, 3.8) is 0 Å². The molecule has 1 aromatic carbocycles. The number of carbonyl (C=O) groups excluding carboxylic acids is 3. The molecule has 9 nitrogen and oxygen atoms in total. The number of aromatic nitrogens is 2. The van der Waals surface area contributed by atoms with Crippen LogP contribution in [-0.4, -0.2) is 39.6 Å². The van der Waals surface area contributed by atoms with Crippen LogP contribution in [-0.2, 0) is 11.3 Å². The molecule has 29 heavy (non-hydrogen) atoms. The third-order valence-corrected chi connectivity index (χ3v) is 4.30. The molecule has 1 unspecified atom stereocenters. The van der Waals surface area contributed by atoms with Crippen LogP contribution in [0.4, 0.5) is 10.5 Å². The number of carbonyl (C=O) groups is 3. The minimum absolute atomic E-state index is 0.0357. The van der Waals surface area contributed by atoms with Crippen LogP contribution < -0.4 is 16.0 Å². The average Bonchev–Trinajstić information content (AvgIpc) is 3.09. The number of ether oxygens (including phenoxy) is 1. The highest BCUT2D eigenvalue weighted by molar-refractivity contribution is 6.10. The third-order valence-electron chi connectivity index (χ3n) is 4.30. The molecule has 1 aliphatic rings. The summed E-state index contributed by atoms with van der Waals surface area (Å²) in [7, 11) is 0. The Morgan fingerprint density at radius 2 is 1.97 bits per heavy atom. The molecule has 0 bridgehead atoms. The normalized spacial score (nSPS) is 15.9. The van der Waals surface area contributed by atoms with E-state index in [4.69, 9.17) is 4.74 Å². The van der Waals surface area contributed by atoms with Gasteiger partial charge in [0.2, 0.25) is 0 Å². The maximum absolute atomic E-state index is 12.6. The molecule has 3 rings (SSSR count). The Morgan fingerprint density at radius 3 is 2.62 bits per heavy atom. The van der Waals surface area contributed by atoms with E-state index in [0.29, 0.717) is 18.8 Å². The fourth-order valence-corrected chi connectivity index (χ4v) is 2.89. The van der Waals surface area contributed by atoms with Gasteiger partial charge in [0.15, 0.2) is 5.69 Å². The van der Waals surface area contributed by atoms with E-state index in [2.05, 4.69) is 20.9 Å². The van der Waals surface area contributed by atoms with Gasteiger partial charge in [-0.1, -0.05) is 12.1 Å². The Kier molecular flexibility index (Phi) is 5.58. The summed E-state index contributed by atoms with van der Waals surface area (Å²) in [5.41, 5.74) is 1.20. The highest BCUT2D eigenvalue weighted by atomic mass is 16.6. The Hall–Kier alpha value is -3.36. The molecule has 3 amide bonds. The zero-order valence-corrected chi connectivity index (χ0v) is 16.9. The Balaban J connectivity index is 1.61. The van der Waals surface area contributed by atoms with Crippen LogP contribution >= 0.6 is 0 Å². The molecular weight excluding hydrogens is 374 g/mol. The summed E-state index contributed by atoms with van der Waals surface area (Å²) < 4.78 is 6.90. The molecule has 1 aliphatic heterocycles. The Bertz CT molecular complexity index is 927. The Labute approximate surface area is 168 Å². The smallest absolute Gasteiger partial charge is 0.407 e. The van der Waals surface area contributed by atoms with Gasteiger partial charge in [-0.15, -0.1) is 0 Å². The largest absolute Gasteiger partial charge is 0.444 e. The number of amides is 3. The number of alkyl carbamates (subject to hydrolysis) is 1. The van der Waals surface area contributed by atoms with E-state index < -0.39 is 17.6 Å². The number of hydrogen-bond acceptors (Lipinski definition) is 5. The highest BCUT2D eigenvalue weighted by Gasteiger charge is 2.29. The number of benzene rings is 1. The summed E-state index contributed by atoms with van der Waals surface area (Å²) >= 11 is 0. The van der Waals surface area contributed by atoms with Gasteiger partial charge in [-0.3, -0.25) is 9.59 Å². The number of rotatable bonds is 4. The van der Waals surface area contributed by atoms with Gasteiger partial charge in [0.05, 0.1) is 6.33 Å². The van der Waals surface area contributed by atoms with Gasteiger partial charge in [0, 0.05) is 24.8 Å². The first-order valence-corrected chi connectivity index (χ1v) is 9.36. The van der Waals surface area contributed by atoms with Crippen molar-refractivity contribution in [3.05, 3.63) is 47.5 Å². The van der Waals surface area contributed by atoms with E-state index in [1.165, 1.54) is 6.33 Å². The first-order chi connectivity index (χ1) is 13.6. The summed E-state index contributed by atoms with van der Waals surface area (Å²) in [6.07, 6.45) is 1.02. The number of imidazole rings is 1. The molecule has 154 valence electrons. The standard InChI is InChI=1S/C20H25N5O4/c1-12-9-21-18(27)16-15(23-11-25(12)16)17(26)24-14-7-5-13(6-8-14)10-22-19(28)29-20(2,3)4/h5-8,11-12H,9-10H2,1-4H3,(H,21,27)(H,22,28)(H,24,26). The topological polar surface area (TPSA) is 114 Å². The maximum Gasteiger partial charge on any atom is 0.407 e. The van der Waals surface area contributed by atoms with Gasteiger partial charge in [-0.25, -0.2) is 9.78 Å². The van der Waals surface area contributed by atoms with E-state index >= 15 is 0 Å². The molecule has 0 fully saturated rings. The minimum Gasteiger partial charge on any atom is -0.444 e. The Morgan fingerprint density at radius 1 is 1.28 bits per heavy atom. The molecule has 3 N–H and O–H groups in total. The van der Waals surface area contributed by atoms with Crippen LogP contribution in [0.3, 0.4) is 0 Å².